The highest BCUT2D eigenvalue weighted by atomic mass is 32.2. The molecule has 0 fully saturated rings. The Morgan fingerprint density at radius 1 is 0.923 bits per heavy atom. The van der Waals surface area contributed by atoms with E-state index in [0.29, 0.717) is 17.1 Å². The minimum absolute atomic E-state index is 0.0534. The SMILES string of the molecule is Cc1nc(Oc2ccccc2)nc(C)c1NS(=O)(=O)c1ccc(F)cc1. The molecule has 0 aliphatic rings. The number of aromatic nitrogens is 2. The minimum atomic E-state index is -3.88. The molecule has 0 saturated heterocycles. The lowest BCUT2D eigenvalue weighted by atomic mass is 10.3. The van der Waals surface area contributed by atoms with Crippen LogP contribution in [0.4, 0.5) is 10.1 Å². The largest absolute Gasteiger partial charge is 0.424 e. The standard InChI is InChI=1S/C18H16FN3O3S/c1-12-17(22-26(23,24)16-10-8-14(19)9-11-16)13(2)21-18(20-12)25-15-6-4-3-5-7-15/h3-11,22H,1-2H3. The zero-order valence-electron chi connectivity index (χ0n) is 14.1. The van der Waals surface area contributed by atoms with Gasteiger partial charge < -0.3 is 4.74 Å². The number of sulfonamides is 1. The zero-order valence-corrected chi connectivity index (χ0v) is 14.9. The van der Waals surface area contributed by atoms with E-state index < -0.39 is 15.8 Å². The van der Waals surface area contributed by atoms with Crippen LogP contribution in [-0.2, 0) is 10.0 Å². The topological polar surface area (TPSA) is 81.2 Å². The Morgan fingerprint density at radius 2 is 1.50 bits per heavy atom. The van der Waals surface area contributed by atoms with Crippen molar-refractivity contribution in [2.24, 2.45) is 0 Å². The summed E-state index contributed by atoms with van der Waals surface area (Å²) in [4.78, 5) is 8.35. The van der Waals surface area contributed by atoms with E-state index in [-0.39, 0.29) is 16.6 Å². The number of benzene rings is 2. The van der Waals surface area contributed by atoms with Gasteiger partial charge in [-0.3, -0.25) is 4.72 Å². The van der Waals surface area contributed by atoms with Crippen molar-refractivity contribution in [2.75, 3.05) is 4.72 Å². The Morgan fingerprint density at radius 3 is 2.08 bits per heavy atom. The highest BCUT2D eigenvalue weighted by molar-refractivity contribution is 7.92. The van der Waals surface area contributed by atoms with Crippen LogP contribution in [0.25, 0.3) is 0 Å². The van der Waals surface area contributed by atoms with Gasteiger partial charge in [0.1, 0.15) is 11.6 Å². The number of hydrogen-bond donors (Lipinski definition) is 1. The van der Waals surface area contributed by atoms with Gasteiger partial charge in [0.25, 0.3) is 10.0 Å². The fourth-order valence-electron chi connectivity index (χ4n) is 2.28. The molecule has 0 unspecified atom stereocenters. The second-order valence-electron chi connectivity index (χ2n) is 5.53. The minimum Gasteiger partial charge on any atom is -0.424 e. The first-order valence-corrected chi connectivity index (χ1v) is 9.20. The summed E-state index contributed by atoms with van der Waals surface area (Å²) in [6.07, 6.45) is 0. The molecule has 3 rings (SSSR count). The molecule has 0 aliphatic heterocycles. The van der Waals surface area contributed by atoms with Crippen LogP contribution < -0.4 is 9.46 Å². The smallest absolute Gasteiger partial charge is 0.322 e. The van der Waals surface area contributed by atoms with Crippen LogP contribution in [0.1, 0.15) is 11.4 Å². The van der Waals surface area contributed by atoms with Gasteiger partial charge >= 0.3 is 6.01 Å². The van der Waals surface area contributed by atoms with E-state index in [1.165, 1.54) is 12.1 Å². The summed E-state index contributed by atoms with van der Waals surface area (Å²) < 4.78 is 46.0. The quantitative estimate of drug-likeness (QED) is 0.735. The van der Waals surface area contributed by atoms with Gasteiger partial charge in [-0.2, -0.15) is 9.97 Å². The third-order valence-electron chi connectivity index (χ3n) is 3.56. The molecule has 0 amide bonds. The molecule has 2 aromatic carbocycles. The van der Waals surface area contributed by atoms with E-state index in [1.807, 2.05) is 18.2 Å². The number of nitrogens with zero attached hydrogens (tertiary/aromatic N) is 2. The van der Waals surface area contributed by atoms with Gasteiger partial charge in [0.05, 0.1) is 22.0 Å². The average molecular weight is 373 g/mol. The number of ether oxygens (including phenoxy) is 1. The van der Waals surface area contributed by atoms with Crippen LogP contribution in [-0.4, -0.2) is 18.4 Å². The molecule has 0 spiro atoms. The van der Waals surface area contributed by atoms with E-state index in [4.69, 9.17) is 4.74 Å². The second-order valence-corrected chi connectivity index (χ2v) is 7.21. The van der Waals surface area contributed by atoms with Gasteiger partial charge in [-0.1, -0.05) is 18.2 Å². The van der Waals surface area contributed by atoms with Crippen molar-refractivity contribution in [3.05, 3.63) is 71.8 Å². The number of nitrogens with one attached hydrogen (secondary N) is 1. The maximum Gasteiger partial charge on any atom is 0.322 e. The van der Waals surface area contributed by atoms with Gasteiger partial charge in [0, 0.05) is 0 Å². The maximum absolute atomic E-state index is 13.0. The summed E-state index contributed by atoms with van der Waals surface area (Å²) in [6.45, 7) is 3.30. The monoisotopic (exact) mass is 373 g/mol. The molecule has 1 heterocycles. The number of halogens is 1. The number of aryl methyl sites for hydroxylation is 2. The fourth-order valence-corrected chi connectivity index (χ4v) is 3.46. The first kappa shape index (κ1) is 17.8. The molecule has 0 radical (unpaired) electrons. The predicted octanol–water partition coefficient (Wildman–Crippen LogP) is 3.83. The van der Waals surface area contributed by atoms with E-state index in [2.05, 4.69) is 14.7 Å². The number of para-hydroxylation sites is 1. The van der Waals surface area contributed by atoms with Gasteiger partial charge in [-0.25, -0.2) is 12.8 Å². The number of hydrogen-bond acceptors (Lipinski definition) is 5. The zero-order chi connectivity index (χ0) is 18.7. The Balaban J connectivity index is 1.88. The molecule has 26 heavy (non-hydrogen) atoms. The van der Waals surface area contributed by atoms with Gasteiger partial charge in [-0.05, 0) is 50.2 Å². The lowest BCUT2D eigenvalue weighted by Crippen LogP contribution is -2.16. The molecule has 3 aromatic rings. The Kier molecular flexibility index (Phi) is 4.85. The highest BCUT2D eigenvalue weighted by Gasteiger charge is 2.19. The Labute approximate surface area is 150 Å². The lowest BCUT2D eigenvalue weighted by molar-refractivity contribution is 0.439. The van der Waals surface area contributed by atoms with E-state index >= 15 is 0 Å². The van der Waals surface area contributed by atoms with Gasteiger partial charge in [0.15, 0.2) is 0 Å². The maximum atomic E-state index is 13.0. The van der Waals surface area contributed by atoms with Crippen LogP contribution in [0.2, 0.25) is 0 Å². The molecule has 0 atom stereocenters. The molecule has 0 saturated carbocycles. The van der Waals surface area contributed by atoms with Crippen LogP contribution in [0.15, 0.2) is 59.5 Å². The fraction of sp³-hybridized carbons (Fsp3) is 0.111. The summed E-state index contributed by atoms with van der Waals surface area (Å²) >= 11 is 0. The second kappa shape index (κ2) is 7.09. The van der Waals surface area contributed by atoms with Crippen molar-refractivity contribution in [3.63, 3.8) is 0 Å². The molecule has 6 nitrogen and oxygen atoms in total. The average Bonchev–Trinajstić information content (AvgIpc) is 2.59. The van der Waals surface area contributed by atoms with Crippen molar-refractivity contribution >= 4 is 15.7 Å². The molecule has 0 aliphatic carbocycles. The first-order valence-electron chi connectivity index (χ1n) is 7.72. The van der Waals surface area contributed by atoms with Crippen molar-refractivity contribution in [3.8, 4) is 11.8 Å². The van der Waals surface area contributed by atoms with Crippen LogP contribution >= 0.6 is 0 Å². The molecule has 1 N–H and O–H groups in total. The summed E-state index contributed by atoms with van der Waals surface area (Å²) in [7, 11) is -3.88. The van der Waals surface area contributed by atoms with Gasteiger partial charge in [0.2, 0.25) is 0 Å². The number of anilines is 1. The van der Waals surface area contributed by atoms with E-state index in [0.717, 1.165) is 12.1 Å². The van der Waals surface area contributed by atoms with Crippen molar-refractivity contribution in [1.29, 1.82) is 0 Å². The van der Waals surface area contributed by atoms with Crippen molar-refractivity contribution < 1.29 is 17.5 Å². The Hall–Kier alpha value is -3.00. The van der Waals surface area contributed by atoms with E-state index in [9.17, 15) is 12.8 Å². The lowest BCUT2D eigenvalue weighted by Gasteiger charge is -2.13. The molecule has 8 heteroatoms. The normalized spacial score (nSPS) is 11.2. The third-order valence-corrected chi connectivity index (χ3v) is 4.93. The van der Waals surface area contributed by atoms with Crippen LogP contribution in [0.3, 0.4) is 0 Å². The van der Waals surface area contributed by atoms with Crippen molar-refractivity contribution in [1.82, 2.24) is 9.97 Å². The molecule has 0 bridgehead atoms. The summed E-state index contributed by atoms with van der Waals surface area (Å²) in [5.41, 5.74) is 1.08. The first-order chi connectivity index (χ1) is 12.3. The predicted molar refractivity (Wildman–Crippen MR) is 95.2 cm³/mol. The van der Waals surface area contributed by atoms with Gasteiger partial charge in [-0.15, -0.1) is 0 Å². The molecule has 134 valence electrons. The third kappa shape index (κ3) is 3.97. The van der Waals surface area contributed by atoms with Crippen LogP contribution in [0, 0.1) is 19.7 Å². The highest BCUT2D eigenvalue weighted by Crippen LogP contribution is 2.25. The van der Waals surface area contributed by atoms with Crippen LogP contribution in [0.5, 0.6) is 11.8 Å². The summed E-state index contributed by atoms with van der Waals surface area (Å²) in [6, 6.07) is 13.7. The molecular formula is C18H16FN3O3S. The molecule has 1 aromatic heterocycles. The van der Waals surface area contributed by atoms with Crippen molar-refractivity contribution in [2.45, 2.75) is 18.7 Å². The number of rotatable bonds is 5. The van der Waals surface area contributed by atoms with E-state index in [1.54, 1.807) is 26.0 Å². The Bertz CT molecular complexity index is 1000. The molecular weight excluding hydrogens is 357 g/mol. The summed E-state index contributed by atoms with van der Waals surface area (Å²) in [5.74, 6) is 0.0630. The summed E-state index contributed by atoms with van der Waals surface area (Å²) in [5, 5.41) is 0.